The predicted molar refractivity (Wildman–Crippen MR) is 72.7 cm³/mol. The predicted octanol–water partition coefficient (Wildman–Crippen LogP) is 2.02. The average Bonchev–Trinajstić information content (AvgIpc) is 2.67. The van der Waals surface area contributed by atoms with E-state index in [4.69, 9.17) is 17.3 Å². The summed E-state index contributed by atoms with van der Waals surface area (Å²) in [5.41, 5.74) is 6.42. The molecule has 0 aliphatic carbocycles. The van der Waals surface area contributed by atoms with Crippen LogP contribution in [0.25, 0.3) is 0 Å². The Morgan fingerprint density at radius 1 is 1.56 bits per heavy atom. The number of aromatic nitrogens is 1. The van der Waals surface area contributed by atoms with Gasteiger partial charge in [-0.15, -0.1) is 0 Å². The van der Waals surface area contributed by atoms with Crippen LogP contribution in [-0.2, 0) is 7.05 Å². The van der Waals surface area contributed by atoms with Gasteiger partial charge in [0.1, 0.15) is 5.69 Å². The molecular formula is C13H20ClN3O. The molecule has 1 aliphatic rings. The van der Waals surface area contributed by atoms with Crippen LogP contribution in [0.2, 0.25) is 5.02 Å². The lowest BCUT2D eigenvalue weighted by atomic mass is 9.96. The summed E-state index contributed by atoms with van der Waals surface area (Å²) in [6.45, 7) is 2.61. The molecule has 2 unspecified atom stereocenters. The van der Waals surface area contributed by atoms with Gasteiger partial charge >= 0.3 is 0 Å². The molecule has 1 amide bonds. The fraction of sp³-hybridized carbons (Fsp3) is 0.615. The van der Waals surface area contributed by atoms with Crippen molar-refractivity contribution in [2.45, 2.75) is 38.3 Å². The van der Waals surface area contributed by atoms with Gasteiger partial charge in [0.05, 0.1) is 5.02 Å². The fourth-order valence-corrected chi connectivity index (χ4v) is 3.00. The van der Waals surface area contributed by atoms with Gasteiger partial charge in [-0.05, 0) is 32.3 Å². The molecule has 100 valence electrons. The monoisotopic (exact) mass is 269 g/mol. The lowest BCUT2D eigenvalue weighted by molar-refractivity contribution is 0.0484. The van der Waals surface area contributed by atoms with Crippen molar-refractivity contribution < 1.29 is 4.79 Å². The SMILES string of the molecule is CC1CCCC(CN)N1C(=O)c1cc(Cl)cn1C. The number of piperidine rings is 1. The minimum Gasteiger partial charge on any atom is -0.345 e. The molecule has 0 radical (unpaired) electrons. The molecule has 1 saturated heterocycles. The van der Waals surface area contributed by atoms with Gasteiger partial charge in [-0.25, -0.2) is 0 Å². The summed E-state index contributed by atoms with van der Waals surface area (Å²) < 4.78 is 1.78. The summed E-state index contributed by atoms with van der Waals surface area (Å²) in [5.74, 6) is 0.0343. The van der Waals surface area contributed by atoms with Crippen molar-refractivity contribution in [1.82, 2.24) is 9.47 Å². The highest BCUT2D eigenvalue weighted by molar-refractivity contribution is 6.31. The number of halogens is 1. The van der Waals surface area contributed by atoms with E-state index in [9.17, 15) is 4.79 Å². The molecule has 5 heteroatoms. The average molecular weight is 270 g/mol. The van der Waals surface area contributed by atoms with Gasteiger partial charge < -0.3 is 15.2 Å². The maximum Gasteiger partial charge on any atom is 0.271 e. The van der Waals surface area contributed by atoms with Crippen LogP contribution in [-0.4, -0.2) is 34.0 Å². The zero-order valence-corrected chi connectivity index (χ0v) is 11.7. The zero-order chi connectivity index (χ0) is 13.3. The summed E-state index contributed by atoms with van der Waals surface area (Å²) in [6, 6.07) is 2.11. The summed E-state index contributed by atoms with van der Waals surface area (Å²) in [6.07, 6.45) is 4.92. The van der Waals surface area contributed by atoms with Crippen LogP contribution in [0.4, 0.5) is 0 Å². The Morgan fingerprint density at radius 3 is 2.83 bits per heavy atom. The number of carbonyl (C=O) groups is 1. The van der Waals surface area contributed by atoms with Crippen molar-refractivity contribution >= 4 is 17.5 Å². The quantitative estimate of drug-likeness (QED) is 0.893. The Kier molecular flexibility index (Phi) is 3.97. The van der Waals surface area contributed by atoms with Crippen LogP contribution in [0.3, 0.4) is 0 Å². The van der Waals surface area contributed by atoms with Crippen LogP contribution >= 0.6 is 11.6 Å². The second-order valence-corrected chi connectivity index (χ2v) is 5.47. The van der Waals surface area contributed by atoms with E-state index in [-0.39, 0.29) is 18.0 Å². The second kappa shape index (κ2) is 5.33. The largest absolute Gasteiger partial charge is 0.345 e. The highest BCUT2D eigenvalue weighted by Crippen LogP contribution is 2.25. The minimum absolute atomic E-state index is 0.0343. The third-order valence-corrected chi connectivity index (χ3v) is 3.93. The van der Waals surface area contributed by atoms with E-state index in [1.165, 1.54) is 0 Å². The first-order chi connectivity index (χ1) is 8.54. The van der Waals surface area contributed by atoms with Gasteiger partial charge in [-0.2, -0.15) is 0 Å². The number of nitrogens with two attached hydrogens (primary N) is 1. The number of amides is 1. The minimum atomic E-state index is 0.0343. The lowest BCUT2D eigenvalue weighted by Gasteiger charge is -2.40. The van der Waals surface area contributed by atoms with Gasteiger partial charge in [-0.1, -0.05) is 11.6 Å². The van der Waals surface area contributed by atoms with Crippen molar-refractivity contribution in [1.29, 1.82) is 0 Å². The van der Waals surface area contributed by atoms with E-state index >= 15 is 0 Å². The topological polar surface area (TPSA) is 51.3 Å². The standard InChI is InChI=1S/C13H20ClN3O/c1-9-4-3-5-11(7-15)17(9)13(18)12-6-10(14)8-16(12)2/h6,8-9,11H,3-5,7,15H2,1-2H3. The van der Waals surface area contributed by atoms with Crippen LogP contribution in [0.15, 0.2) is 12.3 Å². The maximum atomic E-state index is 12.6. The molecule has 2 atom stereocenters. The molecule has 0 aromatic carbocycles. The van der Waals surface area contributed by atoms with Crippen LogP contribution in [0.1, 0.15) is 36.7 Å². The van der Waals surface area contributed by atoms with E-state index < -0.39 is 0 Å². The first kappa shape index (κ1) is 13.4. The van der Waals surface area contributed by atoms with E-state index in [1.807, 2.05) is 11.9 Å². The molecule has 0 saturated carbocycles. The normalized spacial score (nSPS) is 24.3. The summed E-state index contributed by atoms with van der Waals surface area (Å²) in [4.78, 5) is 14.5. The molecule has 0 bridgehead atoms. The maximum absolute atomic E-state index is 12.6. The van der Waals surface area contributed by atoms with Crippen molar-refractivity contribution in [3.8, 4) is 0 Å². The van der Waals surface area contributed by atoms with Gasteiger partial charge in [0, 0.05) is 31.9 Å². The number of nitrogens with zero attached hydrogens (tertiary/aromatic N) is 2. The van der Waals surface area contributed by atoms with E-state index in [2.05, 4.69) is 6.92 Å². The Morgan fingerprint density at radius 2 is 2.28 bits per heavy atom. The van der Waals surface area contributed by atoms with Crippen molar-refractivity contribution in [3.05, 3.63) is 23.0 Å². The summed E-state index contributed by atoms with van der Waals surface area (Å²) >= 11 is 5.94. The molecule has 1 aromatic rings. The first-order valence-electron chi connectivity index (χ1n) is 6.39. The van der Waals surface area contributed by atoms with Crippen molar-refractivity contribution in [3.63, 3.8) is 0 Å². The smallest absolute Gasteiger partial charge is 0.271 e. The van der Waals surface area contributed by atoms with E-state index in [0.717, 1.165) is 19.3 Å². The third kappa shape index (κ3) is 2.40. The van der Waals surface area contributed by atoms with Crippen LogP contribution in [0.5, 0.6) is 0 Å². The number of aryl methyl sites for hydroxylation is 1. The molecule has 4 nitrogen and oxygen atoms in total. The van der Waals surface area contributed by atoms with Gasteiger partial charge in [0.15, 0.2) is 0 Å². The van der Waals surface area contributed by atoms with Crippen molar-refractivity contribution in [2.24, 2.45) is 12.8 Å². The molecule has 2 N–H and O–H groups in total. The number of rotatable bonds is 2. The Labute approximate surface area is 113 Å². The van der Waals surface area contributed by atoms with Gasteiger partial charge in [-0.3, -0.25) is 4.79 Å². The Balaban J connectivity index is 2.28. The number of likely N-dealkylation sites (tertiary alicyclic amines) is 1. The van der Waals surface area contributed by atoms with Gasteiger partial charge in [0.2, 0.25) is 0 Å². The summed E-state index contributed by atoms with van der Waals surface area (Å²) in [5, 5.41) is 0.592. The molecule has 2 heterocycles. The molecule has 1 fully saturated rings. The molecule has 0 spiro atoms. The number of hydrogen-bond donors (Lipinski definition) is 1. The van der Waals surface area contributed by atoms with Gasteiger partial charge in [0.25, 0.3) is 5.91 Å². The van der Waals surface area contributed by atoms with Crippen LogP contribution in [0, 0.1) is 0 Å². The number of carbonyl (C=O) groups excluding carboxylic acids is 1. The summed E-state index contributed by atoms with van der Waals surface area (Å²) in [7, 11) is 1.84. The molecule has 1 aromatic heterocycles. The molecule has 2 rings (SSSR count). The van der Waals surface area contributed by atoms with Crippen molar-refractivity contribution in [2.75, 3.05) is 6.54 Å². The highest BCUT2D eigenvalue weighted by atomic mass is 35.5. The highest BCUT2D eigenvalue weighted by Gasteiger charge is 2.32. The van der Waals surface area contributed by atoms with E-state index in [0.29, 0.717) is 17.3 Å². The lowest BCUT2D eigenvalue weighted by Crippen LogP contribution is -2.52. The Bertz CT molecular complexity index is 443. The molecular weight excluding hydrogens is 250 g/mol. The molecule has 1 aliphatic heterocycles. The third-order valence-electron chi connectivity index (χ3n) is 3.72. The fourth-order valence-electron chi connectivity index (χ4n) is 2.75. The van der Waals surface area contributed by atoms with E-state index in [1.54, 1.807) is 16.8 Å². The Hall–Kier alpha value is -1.00. The first-order valence-corrected chi connectivity index (χ1v) is 6.77. The van der Waals surface area contributed by atoms with Crippen LogP contribution < -0.4 is 5.73 Å². The number of hydrogen-bond acceptors (Lipinski definition) is 2. The molecule has 18 heavy (non-hydrogen) atoms. The second-order valence-electron chi connectivity index (χ2n) is 5.04. The zero-order valence-electron chi connectivity index (χ0n) is 10.9.